The Labute approximate surface area is 142 Å². The zero-order valence-electron chi connectivity index (χ0n) is 14.3. The van der Waals surface area contributed by atoms with Crippen molar-refractivity contribution in [1.82, 2.24) is 15.3 Å². The molecule has 1 amide bonds. The van der Waals surface area contributed by atoms with Gasteiger partial charge in [0.1, 0.15) is 5.69 Å². The van der Waals surface area contributed by atoms with Crippen LogP contribution in [-0.2, 0) is 6.54 Å². The van der Waals surface area contributed by atoms with Crippen molar-refractivity contribution in [2.75, 3.05) is 5.32 Å². The number of benzene rings is 1. The Morgan fingerprint density at radius 1 is 1.17 bits per heavy atom. The largest absolute Gasteiger partial charge is 0.350 e. The fourth-order valence-electron chi connectivity index (χ4n) is 3.08. The van der Waals surface area contributed by atoms with Gasteiger partial charge in [-0.1, -0.05) is 37.1 Å². The van der Waals surface area contributed by atoms with E-state index in [1.807, 2.05) is 19.1 Å². The molecule has 5 nitrogen and oxygen atoms in total. The van der Waals surface area contributed by atoms with Gasteiger partial charge >= 0.3 is 0 Å². The number of anilines is 1. The Balaban J connectivity index is 1.69. The molecule has 5 heteroatoms. The molecule has 2 aromatic rings. The molecule has 0 bridgehead atoms. The fraction of sp³-hybridized carbons (Fsp3) is 0.421. The van der Waals surface area contributed by atoms with E-state index < -0.39 is 0 Å². The van der Waals surface area contributed by atoms with E-state index in [2.05, 4.69) is 39.7 Å². The van der Waals surface area contributed by atoms with Gasteiger partial charge in [-0.2, -0.15) is 0 Å². The summed E-state index contributed by atoms with van der Waals surface area (Å²) in [6.07, 6.45) is 4.51. The molecule has 0 spiro atoms. The normalized spacial score (nSPS) is 14.6. The molecule has 1 saturated carbocycles. The van der Waals surface area contributed by atoms with E-state index in [4.69, 9.17) is 0 Å². The average molecular weight is 324 g/mol. The molecule has 0 radical (unpaired) electrons. The lowest BCUT2D eigenvalue weighted by atomic mass is 10.1. The highest BCUT2D eigenvalue weighted by atomic mass is 16.1. The molecule has 0 atom stereocenters. The lowest BCUT2D eigenvalue weighted by molar-refractivity contribution is 0.0932. The van der Waals surface area contributed by atoms with E-state index in [9.17, 15) is 4.79 Å². The summed E-state index contributed by atoms with van der Waals surface area (Å²) in [5, 5.41) is 6.30. The number of aromatic nitrogens is 2. The molecule has 1 aliphatic rings. The van der Waals surface area contributed by atoms with Gasteiger partial charge < -0.3 is 10.6 Å². The number of aryl methyl sites for hydroxylation is 2. The SMILES string of the molecule is Cc1cc(C(=O)NC2CCCC2)nc(NCc2ccccc2C)n1. The number of nitrogens with zero attached hydrogens (tertiary/aromatic N) is 2. The topological polar surface area (TPSA) is 66.9 Å². The molecule has 0 aliphatic heterocycles. The van der Waals surface area contributed by atoms with E-state index in [-0.39, 0.29) is 11.9 Å². The van der Waals surface area contributed by atoms with E-state index >= 15 is 0 Å². The third-order valence-electron chi connectivity index (χ3n) is 4.48. The Kier molecular flexibility index (Phi) is 5.08. The second kappa shape index (κ2) is 7.43. The lowest BCUT2D eigenvalue weighted by Crippen LogP contribution is -2.33. The first-order valence-corrected chi connectivity index (χ1v) is 8.57. The van der Waals surface area contributed by atoms with Crippen LogP contribution in [0.3, 0.4) is 0 Å². The molecule has 0 saturated heterocycles. The van der Waals surface area contributed by atoms with Gasteiger partial charge in [-0.25, -0.2) is 9.97 Å². The first-order chi connectivity index (χ1) is 11.6. The van der Waals surface area contributed by atoms with Gasteiger partial charge in [-0.05, 0) is 43.9 Å². The predicted octanol–water partition coefficient (Wildman–Crippen LogP) is 3.38. The molecular formula is C19H24N4O. The van der Waals surface area contributed by atoms with Crippen LogP contribution in [0.15, 0.2) is 30.3 Å². The maximum absolute atomic E-state index is 12.4. The van der Waals surface area contributed by atoms with Crippen molar-refractivity contribution in [2.45, 2.75) is 52.1 Å². The maximum atomic E-state index is 12.4. The minimum atomic E-state index is -0.105. The van der Waals surface area contributed by atoms with Gasteiger partial charge in [-0.3, -0.25) is 4.79 Å². The van der Waals surface area contributed by atoms with Crippen molar-refractivity contribution in [2.24, 2.45) is 0 Å². The summed E-state index contributed by atoms with van der Waals surface area (Å²) in [5.74, 6) is 0.390. The van der Waals surface area contributed by atoms with Crippen molar-refractivity contribution in [3.05, 3.63) is 52.8 Å². The zero-order chi connectivity index (χ0) is 16.9. The monoisotopic (exact) mass is 324 g/mol. The number of hydrogen-bond donors (Lipinski definition) is 2. The van der Waals surface area contributed by atoms with Crippen LogP contribution in [0.4, 0.5) is 5.95 Å². The molecule has 1 aromatic carbocycles. The van der Waals surface area contributed by atoms with Crippen molar-refractivity contribution < 1.29 is 4.79 Å². The van der Waals surface area contributed by atoms with Gasteiger partial charge in [0.15, 0.2) is 0 Å². The first kappa shape index (κ1) is 16.4. The fourth-order valence-corrected chi connectivity index (χ4v) is 3.08. The van der Waals surface area contributed by atoms with Crippen LogP contribution in [0.1, 0.15) is 53.0 Å². The molecule has 1 aliphatic carbocycles. The molecule has 1 fully saturated rings. The van der Waals surface area contributed by atoms with E-state index in [0.717, 1.165) is 18.5 Å². The van der Waals surface area contributed by atoms with Crippen LogP contribution >= 0.6 is 0 Å². The third-order valence-corrected chi connectivity index (χ3v) is 4.48. The average Bonchev–Trinajstić information content (AvgIpc) is 3.06. The Morgan fingerprint density at radius 3 is 2.67 bits per heavy atom. The third kappa shape index (κ3) is 4.10. The van der Waals surface area contributed by atoms with E-state index in [0.29, 0.717) is 18.2 Å². The van der Waals surface area contributed by atoms with Crippen molar-refractivity contribution >= 4 is 11.9 Å². The van der Waals surface area contributed by atoms with Crippen LogP contribution in [0.25, 0.3) is 0 Å². The number of carbonyl (C=O) groups is 1. The highest BCUT2D eigenvalue weighted by Crippen LogP contribution is 2.18. The van der Waals surface area contributed by atoms with Crippen LogP contribution in [-0.4, -0.2) is 21.9 Å². The molecular weight excluding hydrogens is 300 g/mol. The van der Waals surface area contributed by atoms with Crippen LogP contribution in [0.2, 0.25) is 0 Å². The standard InChI is InChI=1S/C19H24N4O/c1-13-7-3-4-8-15(13)12-20-19-21-14(2)11-17(23-19)18(24)22-16-9-5-6-10-16/h3-4,7-8,11,16H,5-6,9-10,12H2,1-2H3,(H,22,24)(H,20,21,23). The Bertz CT molecular complexity index is 723. The van der Waals surface area contributed by atoms with Crippen LogP contribution < -0.4 is 10.6 Å². The predicted molar refractivity (Wildman–Crippen MR) is 95.0 cm³/mol. The van der Waals surface area contributed by atoms with E-state index in [1.165, 1.54) is 24.0 Å². The summed E-state index contributed by atoms with van der Waals surface area (Å²) in [4.78, 5) is 21.2. The minimum absolute atomic E-state index is 0.105. The molecule has 0 unspecified atom stereocenters. The highest BCUT2D eigenvalue weighted by molar-refractivity contribution is 5.92. The van der Waals surface area contributed by atoms with Gasteiger partial charge in [-0.15, -0.1) is 0 Å². The number of rotatable bonds is 5. The summed E-state index contributed by atoms with van der Waals surface area (Å²) in [6, 6.07) is 10.2. The van der Waals surface area contributed by atoms with Gasteiger partial charge in [0.2, 0.25) is 5.95 Å². The quantitative estimate of drug-likeness (QED) is 0.885. The van der Waals surface area contributed by atoms with Crippen molar-refractivity contribution in [3.63, 3.8) is 0 Å². The number of hydrogen-bond acceptors (Lipinski definition) is 4. The van der Waals surface area contributed by atoms with E-state index in [1.54, 1.807) is 6.07 Å². The zero-order valence-corrected chi connectivity index (χ0v) is 14.3. The summed E-state index contributed by atoms with van der Waals surface area (Å²) in [6.45, 7) is 4.60. The second-order valence-corrected chi connectivity index (χ2v) is 6.45. The summed E-state index contributed by atoms with van der Waals surface area (Å²) in [7, 11) is 0. The van der Waals surface area contributed by atoms with Gasteiger partial charge in [0.25, 0.3) is 5.91 Å². The molecule has 24 heavy (non-hydrogen) atoms. The summed E-state index contributed by atoms with van der Waals surface area (Å²) >= 11 is 0. The first-order valence-electron chi connectivity index (χ1n) is 8.57. The number of carbonyl (C=O) groups excluding carboxylic acids is 1. The minimum Gasteiger partial charge on any atom is -0.350 e. The van der Waals surface area contributed by atoms with Crippen LogP contribution in [0.5, 0.6) is 0 Å². The van der Waals surface area contributed by atoms with Crippen molar-refractivity contribution in [3.8, 4) is 0 Å². The highest BCUT2D eigenvalue weighted by Gasteiger charge is 2.19. The Hall–Kier alpha value is -2.43. The molecule has 1 heterocycles. The maximum Gasteiger partial charge on any atom is 0.270 e. The number of amides is 1. The molecule has 126 valence electrons. The van der Waals surface area contributed by atoms with Gasteiger partial charge in [0.05, 0.1) is 0 Å². The summed E-state index contributed by atoms with van der Waals surface area (Å²) < 4.78 is 0. The smallest absolute Gasteiger partial charge is 0.270 e. The molecule has 3 rings (SSSR count). The van der Waals surface area contributed by atoms with Gasteiger partial charge in [0, 0.05) is 18.3 Å². The Morgan fingerprint density at radius 2 is 1.92 bits per heavy atom. The number of nitrogens with one attached hydrogen (secondary N) is 2. The molecule has 1 aromatic heterocycles. The lowest BCUT2D eigenvalue weighted by Gasteiger charge is -2.13. The second-order valence-electron chi connectivity index (χ2n) is 6.45. The summed E-state index contributed by atoms with van der Waals surface area (Å²) in [5.41, 5.74) is 3.63. The van der Waals surface area contributed by atoms with Crippen LogP contribution in [0, 0.1) is 13.8 Å². The van der Waals surface area contributed by atoms with Crippen molar-refractivity contribution in [1.29, 1.82) is 0 Å². The molecule has 2 N–H and O–H groups in total.